The molecule has 1 fully saturated rings. The highest BCUT2D eigenvalue weighted by atomic mass is 32.1. The summed E-state index contributed by atoms with van der Waals surface area (Å²) in [6, 6.07) is 11.6. The Kier molecular flexibility index (Phi) is 5.93. The molecule has 2 aromatic carbocycles. The van der Waals surface area contributed by atoms with Gasteiger partial charge in [0.1, 0.15) is 5.69 Å². The van der Waals surface area contributed by atoms with Crippen molar-refractivity contribution in [1.29, 1.82) is 0 Å². The molecule has 0 radical (unpaired) electrons. The van der Waals surface area contributed by atoms with Crippen LogP contribution in [0.3, 0.4) is 0 Å². The van der Waals surface area contributed by atoms with Crippen LogP contribution in [0.5, 0.6) is 5.75 Å². The van der Waals surface area contributed by atoms with Crippen LogP contribution in [0.15, 0.2) is 54.7 Å². The van der Waals surface area contributed by atoms with Gasteiger partial charge < -0.3 is 9.64 Å². The molecule has 11 heteroatoms. The Morgan fingerprint density at radius 1 is 1.05 bits per heavy atom. The Morgan fingerprint density at radius 3 is 2.47 bits per heavy atom. The van der Waals surface area contributed by atoms with Gasteiger partial charge >= 0.3 is 6.36 Å². The second kappa shape index (κ2) is 9.07. The minimum absolute atomic E-state index is 0.0467. The zero-order valence-corrected chi connectivity index (χ0v) is 21.1. The largest absolute Gasteiger partial charge is 0.573 e. The van der Waals surface area contributed by atoms with Crippen LogP contribution in [0.2, 0.25) is 0 Å². The monoisotopic (exact) mass is 546 g/mol. The summed E-state index contributed by atoms with van der Waals surface area (Å²) in [4.78, 5) is 7.10. The normalized spacial score (nSPS) is 17.2. The highest BCUT2D eigenvalue weighted by Gasteiger charge is 2.43. The molecule has 198 valence electrons. The lowest BCUT2D eigenvalue weighted by atomic mass is 9.64. The van der Waals surface area contributed by atoms with Crippen LogP contribution < -0.4 is 9.64 Å². The van der Waals surface area contributed by atoms with Crippen LogP contribution in [-0.4, -0.2) is 34.2 Å². The van der Waals surface area contributed by atoms with E-state index in [0.717, 1.165) is 63.8 Å². The van der Waals surface area contributed by atoms with Crippen LogP contribution in [0.25, 0.3) is 21.5 Å². The van der Waals surface area contributed by atoms with Gasteiger partial charge in [-0.15, -0.1) is 13.2 Å². The number of hydrogen-bond acceptors (Lipinski definition) is 5. The number of alkyl halides is 5. The summed E-state index contributed by atoms with van der Waals surface area (Å²) >= 11 is 1.66. The maximum Gasteiger partial charge on any atom is 0.573 e. The lowest BCUT2D eigenvalue weighted by Gasteiger charge is -2.46. The zero-order chi connectivity index (χ0) is 26.7. The van der Waals surface area contributed by atoms with Gasteiger partial charge in [0.05, 0.1) is 27.7 Å². The summed E-state index contributed by atoms with van der Waals surface area (Å²) < 4.78 is 73.3. The molecular formula is C27H23F5N4OS. The highest BCUT2D eigenvalue weighted by molar-refractivity contribution is 7.22. The predicted molar refractivity (Wildman–Crippen MR) is 136 cm³/mol. The van der Waals surface area contributed by atoms with E-state index in [0.29, 0.717) is 12.0 Å². The number of halogens is 5. The van der Waals surface area contributed by atoms with Gasteiger partial charge in [-0.3, -0.25) is 0 Å². The topological polar surface area (TPSA) is 43.2 Å². The maximum absolute atomic E-state index is 13.9. The minimum Gasteiger partial charge on any atom is -0.403 e. The van der Waals surface area contributed by atoms with Crippen LogP contribution in [-0.2, 0) is 0 Å². The lowest BCUT2D eigenvalue weighted by Crippen LogP contribution is -2.42. The van der Waals surface area contributed by atoms with Gasteiger partial charge in [0.2, 0.25) is 0 Å². The number of aryl methyl sites for hydroxylation is 1. The van der Waals surface area contributed by atoms with Crippen LogP contribution in [0, 0.1) is 12.3 Å². The Bertz CT molecular complexity index is 1530. The third kappa shape index (κ3) is 4.42. The van der Waals surface area contributed by atoms with Gasteiger partial charge in [0.15, 0.2) is 10.9 Å². The maximum atomic E-state index is 13.9. The number of rotatable bonds is 5. The SMILES string of the molecule is Cc1cccc2sc(N3CCC4(C=C(c5c(C(F)F)cnn5-c5ccccc5OC(F)(F)F)C4)CC3)nc12. The van der Waals surface area contributed by atoms with Crippen molar-refractivity contribution in [3.8, 4) is 11.4 Å². The van der Waals surface area contributed by atoms with Crippen molar-refractivity contribution < 1.29 is 26.7 Å². The Labute approximate surface area is 219 Å². The average molecular weight is 547 g/mol. The third-order valence-corrected chi connectivity index (χ3v) is 8.40. The molecule has 2 aromatic heterocycles. The average Bonchev–Trinajstić information content (AvgIpc) is 3.48. The molecule has 38 heavy (non-hydrogen) atoms. The molecule has 0 bridgehead atoms. The van der Waals surface area contributed by atoms with E-state index in [1.165, 1.54) is 18.2 Å². The molecule has 0 unspecified atom stereocenters. The predicted octanol–water partition coefficient (Wildman–Crippen LogP) is 7.70. The van der Waals surface area contributed by atoms with Gasteiger partial charge in [-0.2, -0.15) is 5.10 Å². The summed E-state index contributed by atoms with van der Waals surface area (Å²) in [5.41, 5.74) is 2.44. The van der Waals surface area contributed by atoms with Gasteiger partial charge in [0.25, 0.3) is 6.43 Å². The number of benzene rings is 2. The molecule has 1 saturated heterocycles. The molecule has 3 heterocycles. The summed E-state index contributed by atoms with van der Waals surface area (Å²) in [5.74, 6) is -0.501. The Balaban J connectivity index is 1.27. The second-order valence-electron chi connectivity index (χ2n) is 9.79. The van der Waals surface area contributed by atoms with Gasteiger partial charge in [-0.05, 0) is 60.9 Å². The first-order valence-electron chi connectivity index (χ1n) is 12.2. The number of thiazole rings is 1. The molecule has 0 saturated carbocycles. The first-order valence-corrected chi connectivity index (χ1v) is 13.0. The second-order valence-corrected chi connectivity index (χ2v) is 10.8. The van der Waals surface area contributed by atoms with Gasteiger partial charge in [-0.1, -0.05) is 41.7 Å². The smallest absolute Gasteiger partial charge is 0.403 e. The van der Waals surface area contributed by atoms with E-state index in [9.17, 15) is 22.0 Å². The molecule has 0 amide bonds. The molecule has 2 aliphatic rings. The number of anilines is 1. The zero-order valence-electron chi connectivity index (χ0n) is 20.3. The fraction of sp³-hybridized carbons (Fsp3) is 0.333. The van der Waals surface area contributed by atoms with Crippen molar-refractivity contribution in [3.05, 3.63) is 71.6 Å². The number of hydrogen-bond donors (Lipinski definition) is 0. The van der Waals surface area contributed by atoms with Gasteiger partial charge in [0, 0.05) is 13.1 Å². The summed E-state index contributed by atoms with van der Waals surface area (Å²) in [6.45, 7) is 3.61. The van der Waals surface area contributed by atoms with Crippen molar-refractivity contribution >= 4 is 32.3 Å². The molecule has 6 rings (SSSR count). The van der Waals surface area contributed by atoms with E-state index in [1.54, 1.807) is 11.3 Å². The number of ether oxygens (including phenoxy) is 1. The summed E-state index contributed by atoms with van der Waals surface area (Å²) in [5, 5.41) is 5.03. The fourth-order valence-electron chi connectivity index (χ4n) is 5.41. The van der Waals surface area contributed by atoms with Crippen LogP contribution in [0.1, 0.15) is 42.5 Å². The van der Waals surface area contributed by atoms with Crippen molar-refractivity contribution in [2.75, 3.05) is 18.0 Å². The number of nitrogens with zero attached hydrogens (tertiary/aromatic N) is 4. The standard InChI is InChI=1S/C27H23F5N4OS/c1-16-5-4-8-21-22(16)34-25(38-21)35-11-9-26(10-12-35)13-17(14-26)23-18(24(28)29)15-33-36(23)19-6-2-3-7-20(19)37-27(30,31)32/h2-8,13,15,24H,9-12,14H2,1H3. The fourth-order valence-corrected chi connectivity index (χ4v) is 6.51. The first kappa shape index (κ1) is 24.8. The Morgan fingerprint density at radius 2 is 1.79 bits per heavy atom. The summed E-state index contributed by atoms with van der Waals surface area (Å²) in [7, 11) is 0. The molecule has 0 atom stereocenters. The third-order valence-electron chi connectivity index (χ3n) is 7.32. The molecular weight excluding hydrogens is 523 g/mol. The molecule has 1 aliphatic carbocycles. The minimum atomic E-state index is -4.93. The van der Waals surface area contributed by atoms with E-state index < -0.39 is 18.5 Å². The first-order chi connectivity index (χ1) is 18.1. The van der Waals surface area contributed by atoms with E-state index in [2.05, 4.69) is 20.8 Å². The quantitative estimate of drug-likeness (QED) is 0.241. The van der Waals surface area contributed by atoms with E-state index in [1.807, 2.05) is 25.1 Å². The highest BCUT2D eigenvalue weighted by Crippen LogP contribution is 2.53. The number of piperidine rings is 1. The van der Waals surface area contributed by atoms with Crippen molar-refractivity contribution in [3.63, 3.8) is 0 Å². The van der Waals surface area contributed by atoms with E-state index >= 15 is 0 Å². The van der Waals surface area contributed by atoms with Gasteiger partial charge in [-0.25, -0.2) is 18.4 Å². The van der Waals surface area contributed by atoms with Crippen molar-refractivity contribution in [2.24, 2.45) is 5.41 Å². The van der Waals surface area contributed by atoms with Crippen LogP contribution >= 0.6 is 11.3 Å². The van der Waals surface area contributed by atoms with Crippen LogP contribution in [0.4, 0.5) is 27.1 Å². The molecule has 0 N–H and O–H groups in total. The van der Waals surface area contributed by atoms with E-state index in [4.69, 9.17) is 4.98 Å². The lowest BCUT2D eigenvalue weighted by molar-refractivity contribution is -0.274. The van der Waals surface area contributed by atoms with Crippen molar-refractivity contribution in [1.82, 2.24) is 14.8 Å². The number of fused-ring (bicyclic) bond motifs is 1. The number of allylic oxidation sites excluding steroid dienone is 2. The molecule has 5 nitrogen and oxygen atoms in total. The Hall–Kier alpha value is -3.47. The van der Waals surface area contributed by atoms with E-state index in [-0.39, 0.29) is 22.4 Å². The summed E-state index contributed by atoms with van der Waals surface area (Å²) in [6.07, 6.45) is -2.52. The molecule has 4 aromatic rings. The van der Waals surface area contributed by atoms with Crippen molar-refractivity contribution in [2.45, 2.75) is 39.0 Å². The number of para-hydroxylation sites is 3. The molecule has 1 spiro atoms. The number of aromatic nitrogens is 3. The molecule has 1 aliphatic heterocycles.